The van der Waals surface area contributed by atoms with Crippen LogP contribution in [0.2, 0.25) is 0 Å². The first-order valence-corrected chi connectivity index (χ1v) is 18.6. The molecular weight excluding hydrogens is 605 g/mol. The lowest BCUT2D eigenvalue weighted by Gasteiger charge is -2.34. The summed E-state index contributed by atoms with van der Waals surface area (Å²) >= 11 is 3.50. The molecule has 0 aliphatic rings. The van der Waals surface area contributed by atoms with Crippen LogP contribution in [0.5, 0.6) is 0 Å². The molecule has 0 radical (unpaired) electrons. The van der Waals surface area contributed by atoms with Crippen molar-refractivity contribution in [2.75, 3.05) is 0 Å². The van der Waals surface area contributed by atoms with Gasteiger partial charge in [-0.3, -0.25) is 8.80 Å². The first kappa shape index (κ1) is 25.3. The summed E-state index contributed by atoms with van der Waals surface area (Å²) in [7, 11) is -2.83. The average molecular weight is 629 g/mol. The number of hydrogen-bond donors (Lipinski definition) is 0. The average Bonchev–Trinajstić information content (AvgIpc) is 3.83. The van der Waals surface area contributed by atoms with Crippen molar-refractivity contribution in [2.24, 2.45) is 0 Å². The molecule has 45 heavy (non-hydrogen) atoms. The molecule has 0 N–H and O–H groups in total. The first-order valence-electron chi connectivity index (χ1n) is 15.0. The molecule has 6 aromatic carbocycles. The van der Waals surface area contributed by atoms with E-state index in [1.54, 1.807) is 22.7 Å². The topological polar surface area (TPSA) is 34.6 Å². The van der Waals surface area contributed by atoms with Gasteiger partial charge in [0, 0.05) is 0 Å². The van der Waals surface area contributed by atoms with Crippen molar-refractivity contribution in [1.82, 2.24) is 18.8 Å². The van der Waals surface area contributed by atoms with Crippen LogP contribution in [0.1, 0.15) is 0 Å². The van der Waals surface area contributed by atoms with E-state index in [-0.39, 0.29) is 0 Å². The van der Waals surface area contributed by atoms with Crippen LogP contribution in [0, 0.1) is 0 Å². The van der Waals surface area contributed by atoms with Crippen molar-refractivity contribution in [3.05, 3.63) is 146 Å². The Morgan fingerprint density at radius 3 is 1.29 bits per heavy atom. The summed E-state index contributed by atoms with van der Waals surface area (Å²) in [6.07, 6.45) is 0. The molecule has 0 saturated carbocycles. The molecule has 10 aromatic rings. The van der Waals surface area contributed by atoms with Gasteiger partial charge in [-0.15, -0.1) is 0 Å². The lowest BCUT2D eigenvalue weighted by Crippen LogP contribution is -2.74. The molecule has 10 rings (SSSR count). The largest absolute Gasteiger partial charge is 0.283 e. The normalized spacial score (nSPS) is 12.4. The smallest absolute Gasteiger partial charge is 0.195 e. The molecule has 0 aliphatic heterocycles. The van der Waals surface area contributed by atoms with Gasteiger partial charge in [0.1, 0.15) is 0 Å². The molecule has 7 heteroatoms. The van der Waals surface area contributed by atoms with Gasteiger partial charge in [-0.1, -0.05) is 120 Å². The molecule has 0 aliphatic carbocycles. The van der Waals surface area contributed by atoms with Crippen LogP contribution >= 0.6 is 22.7 Å². The highest BCUT2D eigenvalue weighted by atomic mass is 32.1. The number of imidazole rings is 2. The fourth-order valence-corrected chi connectivity index (χ4v) is 14.0. The molecule has 0 spiro atoms. The van der Waals surface area contributed by atoms with Crippen LogP contribution < -0.4 is 20.7 Å². The van der Waals surface area contributed by atoms with E-state index in [2.05, 4.69) is 154 Å². The Morgan fingerprint density at radius 1 is 0.400 bits per heavy atom. The van der Waals surface area contributed by atoms with E-state index in [1.165, 1.54) is 41.2 Å². The van der Waals surface area contributed by atoms with Gasteiger partial charge in [-0.25, -0.2) is 9.97 Å². The maximum atomic E-state index is 5.07. The number of rotatable bonds is 4. The maximum Gasteiger partial charge on any atom is 0.195 e. The van der Waals surface area contributed by atoms with E-state index in [9.17, 15) is 0 Å². The minimum atomic E-state index is -2.83. The molecule has 0 fully saturated rings. The van der Waals surface area contributed by atoms with Crippen molar-refractivity contribution < 1.29 is 0 Å². The standard InChI is InChI=1S/C38H24N4S2Si/c1-3-11-25(12-4-1)45(26-13-5-2-6-14-26,27-19-21-29-33(23-27)41-31-15-7-9-17-35(31)43-37(41)39-29)28-20-22-30-34(24-28)42-32-16-8-10-18-36(32)44-38(42)40-30/h1-24H. The summed E-state index contributed by atoms with van der Waals surface area (Å²) in [6.45, 7) is 0. The van der Waals surface area contributed by atoms with Gasteiger partial charge in [0.05, 0.1) is 42.5 Å². The minimum absolute atomic E-state index is 1.03. The van der Waals surface area contributed by atoms with E-state index in [1.807, 2.05) is 0 Å². The van der Waals surface area contributed by atoms with Gasteiger partial charge < -0.3 is 0 Å². The Kier molecular flexibility index (Phi) is 5.31. The van der Waals surface area contributed by atoms with E-state index in [4.69, 9.17) is 9.97 Å². The number of aromatic nitrogens is 4. The Bertz CT molecular complexity index is 2530. The minimum Gasteiger partial charge on any atom is -0.283 e. The molecule has 0 saturated heterocycles. The van der Waals surface area contributed by atoms with Crippen molar-refractivity contribution in [3.8, 4) is 0 Å². The highest BCUT2D eigenvalue weighted by Gasteiger charge is 2.42. The maximum absolute atomic E-state index is 5.07. The van der Waals surface area contributed by atoms with E-state index in [0.717, 1.165) is 32.0 Å². The third-order valence-electron chi connectivity index (χ3n) is 9.14. The molecule has 4 heterocycles. The van der Waals surface area contributed by atoms with Gasteiger partial charge in [-0.05, 0) is 69.3 Å². The molecule has 0 atom stereocenters. The fourth-order valence-electron chi connectivity index (χ4n) is 7.20. The zero-order chi connectivity index (χ0) is 29.5. The second kappa shape index (κ2) is 9.46. The molecule has 0 unspecified atom stereocenters. The summed E-state index contributed by atoms with van der Waals surface area (Å²) < 4.78 is 7.19. The summed E-state index contributed by atoms with van der Waals surface area (Å²) in [4.78, 5) is 12.2. The zero-order valence-electron chi connectivity index (χ0n) is 24.0. The number of benzene rings is 6. The van der Waals surface area contributed by atoms with Crippen molar-refractivity contribution in [1.29, 1.82) is 0 Å². The van der Waals surface area contributed by atoms with Crippen LogP contribution in [-0.4, -0.2) is 26.8 Å². The Morgan fingerprint density at radius 2 is 0.822 bits per heavy atom. The van der Waals surface area contributed by atoms with Crippen LogP contribution in [0.4, 0.5) is 0 Å². The van der Waals surface area contributed by atoms with Gasteiger partial charge in [0.15, 0.2) is 18.0 Å². The van der Waals surface area contributed by atoms with Crippen molar-refractivity contribution >= 4 is 104 Å². The number of thiazole rings is 2. The number of hydrogen-bond acceptors (Lipinski definition) is 4. The molecule has 212 valence electrons. The van der Waals surface area contributed by atoms with E-state index < -0.39 is 8.07 Å². The highest BCUT2D eigenvalue weighted by molar-refractivity contribution is 7.24. The van der Waals surface area contributed by atoms with E-state index >= 15 is 0 Å². The Labute approximate surface area is 267 Å². The molecule has 0 bridgehead atoms. The predicted molar refractivity (Wildman–Crippen MR) is 193 cm³/mol. The van der Waals surface area contributed by atoms with Crippen molar-refractivity contribution in [2.45, 2.75) is 0 Å². The van der Waals surface area contributed by atoms with Crippen LogP contribution in [0.25, 0.3) is 52.4 Å². The number of nitrogens with zero attached hydrogens (tertiary/aromatic N) is 4. The predicted octanol–water partition coefficient (Wildman–Crippen LogP) is 7.10. The summed E-state index contributed by atoms with van der Waals surface area (Å²) in [5.41, 5.74) is 6.77. The van der Waals surface area contributed by atoms with Gasteiger partial charge in [0.2, 0.25) is 0 Å². The molecular formula is C38H24N4S2Si. The number of fused-ring (bicyclic) bond motifs is 10. The molecule has 4 nitrogen and oxygen atoms in total. The second-order valence-electron chi connectivity index (χ2n) is 11.5. The Hall–Kier alpha value is -5.08. The van der Waals surface area contributed by atoms with E-state index in [0.29, 0.717) is 0 Å². The highest BCUT2D eigenvalue weighted by Crippen LogP contribution is 2.32. The lowest BCUT2D eigenvalue weighted by molar-refractivity contribution is 1.35. The summed E-state index contributed by atoms with van der Waals surface area (Å²) in [5.74, 6) is 0. The van der Waals surface area contributed by atoms with Crippen LogP contribution in [-0.2, 0) is 0 Å². The monoisotopic (exact) mass is 628 g/mol. The quantitative estimate of drug-likeness (QED) is 0.154. The third kappa shape index (κ3) is 3.51. The molecule has 0 amide bonds. The first-order chi connectivity index (χ1) is 22.3. The van der Waals surface area contributed by atoms with Gasteiger partial charge in [-0.2, -0.15) is 0 Å². The van der Waals surface area contributed by atoms with Crippen LogP contribution in [0.3, 0.4) is 0 Å². The third-order valence-corrected chi connectivity index (χ3v) is 15.9. The summed E-state index contributed by atoms with van der Waals surface area (Å²) in [6, 6.07) is 53.5. The lowest BCUT2D eigenvalue weighted by atomic mass is 10.3. The Balaban J connectivity index is 1.35. The molecule has 4 aromatic heterocycles. The van der Waals surface area contributed by atoms with Gasteiger partial charge >= 0.3 is 0 Å². The fraction of sp³-hybridized carbons (Fsp3) is 0. The second-order valence-corrected chi connectivity index (χ2v) is 17.3. The summed E-state index contributed by atoms with van der Waals surface area (Å²) in [5, 5.41) is 5.36. The van der Waals surface area contributed by atoms with Crippen molar-refractivity contribution in [3.63, 3.8) is 0 Å². The number of para-hydroxylation sites is 2. The van der Waals surface area contributed by atoms with Gasteiger partial charge in [0.25, 0.3) is 0 Å². The SMILES string of the molecule is c1ccc([Si](c2ccccc2)(c2ccc3nc4sc5ccccc5n4c3c2)c2ccc3nc4sc5ccccc5n4c3c2)cc1. The van der Waals surface area contributed by atoms with Crippen LogP contribution in [0.15, 0.2) is 146 Å². The zero-order valence-corrected chi connectivity index (χ0v) is 26.6.